The average molecular weight is 370 g/mol. The van der Waals surface area contributed by atoms with Crippen molar-refractivity contribution in [3.05, 3.63) is 41.7 Å². The first kappa shape index (κ1) is 18.9. The highest BCUT2D eigenvalue weighted by Gasteiger charge is 2.24. The zero-order chi connectivity index (χ0) is 19.2. The van der Waals surface area contributed by atoms with Crippen LogP contribution in [0.4, 0.5) is 10.5 Å². The summed E-state index contributed by atoms with van der Waals surface area (Å²) in [7, 11) is 1.60. The number of aromatic nitrogens is 2. The summed E-state index contributed by atoms with van der Waals surface area (Å²) in [5, 5.41) is 5.88. The van der Waals surface area contributed by atoms with Crippen molar-refractivity contribution < 1.29 is 14.3 Å². The van der Waals surface area contributed by atoms with Gasteiger partial charge in [0.1, 0.15) is 11.9 Å². The fraction of sp³-hybridized carbons (Fsp3) is 0.450. The van der Waals surface area contributed by atoms with E-state index >= 15 is 0 Å². The van der Waals surface area contributed by atoms with Gasteiger partial charge in [-0.25, -0.2) is 14.8 Å². The summed E-state index contributed by atoms with van der Waals surface area (Å²) in [6.07, 6.45) is 3.54. The highest BCUT2D eigenvalue weighted by molar-refractivity contribution is 5.89. The Morgan fingerprint density at radius 1 is 1.07 bits per heavy atom. The fourth-order valence-corrected chi connectivity index (χ4v) is 3.27. The average Bonchev–Trinajstić information content (AvgIpc) is 2.62. The van der Waals surface area contributed by atoms with Crippen LogP contribution in [0.2, 0.25) is 0 Å². The van der Waals surface area contributed by atoms with Crippen LogP contribution >= 0.6 is 0 Å². The van der Waals surface area contributed by atoms with E-state index in [2.05, 4.69) is 20.6 Å². The van der Waals surface area contributed by atoms with E-state index in [1.807, 2.05) is 38.1 Å². The second-order valence-electron chi connectivity index (χ2n) is 6.86. The van der Waals surface area contributed by atoms with Crippen molar-refractivity contribution in [1.82, 2.24) is 15.3 Å². The minimum atomic E-state index is -0.203. The number of hydrogen-bond acceptors (Lipinski definition) is 5. The first-order chi connectivity index (χ1) is 13.0. The van der Waals surface area contributed by atoms with Crippen molar-refractivity contribution in [2.75, 3.05) is 12.4 Å². The zero-order valence-electron chi connectivity index (χ0n) is 16.0. The maximum atomic E-state index is 12.2. The molecule has 0 spiro atoms. The van der Waals surface area contributed by atoms with Crippen LogP contribution in [0.15, 0.2) is 30.3 Å². The van der Waals surface area contributed by atoms with E-state index in [4.69, 9.17) is 9.47 Å². The van der Waals surface area contributed by atoms with Crippen molar-refractivity contribution in [3.8, 4) is 11.8 Å². The predicted molar refractivity (Wildman–Crippen MR) is 103 cm³/mol. The Morgan fingerprint density at radius 2 is 1.78 bits per heavy atom. The maximum Gasteiger partial charge on any atom is 0.319 e. The third kappa shape index (κ3) is 5.57. The monoisotopic (exact) mass is 370 g/mol. The fourth-order valence-electron chi connectivity index (χ4n) is 3.27. The van der Waals surface area contributed by atoms with Gasteiger partial charge in [0.15, 0.2) is 0 Å². The molecule has 0 aliphatic heterocycles. The number of nitrogens with one attached hydrogen (secondary N) is 2. The molecule has 1 fully saturated rings. The molecule has 1 aromatic heterocycles. The number of aryl methyl sites for hydroxylation is 2. The van der Waals surface area contributed by atoms with Crippen molar-refractivity contribution in [3.63, 3.8) is 0 Å². The van der Waals surface area contributed by atoms with Crippen LogP contribution in [-0.4, -0.2) is 35.3 Å². The van der Waals surface area contributed by atoms with E-state index in [0.717, 1.165) is 37.1 Å². The van der Waals surface area contributed by atoms with E-state index in [-0.39, 0.29) is 18.2 Å². The van der Waals surface area contributed by atoms with Crippen LogP contribution in [0.5, 0.6) is 11.8 Å². The van der Waals surface area contributed by atoms with Gasteiger partial charge in [-0.05, 0) is 57.7 Å². The van der Waals surface area contributed by atoms with Crippen LogP contribution in [0.1, 0.15) is 37.1 Å². The second-order valence-corrected chi connectivity index (χ2v) is 6.86. The van der Waals surface area contributed by atoms with Crippen molar-refractivity contribution in [2.45, 2.75) is 51.7 Å². The van der Waals surface area contributed by atoms with Gasteiger partial charge < -0.3 is 20.1 Å². The predicted octanol–water partition coefficient (Wildman–Crippen LogP) is 3.61. The van der Waals surface area contributed by atoms with Gasteiger partial charge in [0.2, 0.25) is 0 Å². The number of rotatable bonds is 5. The number of ether oxygens (including phenoxy) is 2. The summed E-state index contributed by atoms with van der Waals surface area (Å²) in [4.78, 5) is 20.9. The summed E-state index contributed by atoms with van der Waals surface area (Å²) in [5.41, 5.74) is 2.51. The molecular formula is C20H26N4O3. The van der Waals surface area contributed by atoms with Crippen LogP contribution in [0.3, 0.4) is 0 Å². The lowest BCUT2D eigenvalue weighted by Crippen LogP contribution is -2.41. The molecule has 7 nitrogen and oxygen atoms in total. The third-order valence-corrected chi connectivity index (χ3v) is 4.57. The maximum absolute atomic E-state index is 12.2. The molecule has 27 heavy (non-hydrogen) atoms. The lowest BCUT2D eigenvalue weighted by atomic mass is 9.93. The van der Waals surface area contributed by atoms with E-state index in [1.165, 1.54) is 0 Å². The molecule has 0 bridgehead atoms. The van der Waals surface area contributed by atoms with E-state index < -0.39 is 0 Å². The Bertz CT molecular complexity index is 768. The molecular weight excluding hydrogens is 344 g/mol. The van der Waals surface area contributed by atoms with Crippen molar-refractivity contribution >= 4 is 11.7 Å². The third-order valence-electron chi connectivity index (χ3n) is 4.57. The van der Waals surface area contributed by atoms with Gasteiger partial charge in [0, 0.05) is 29.2 Å². The molecule has 2 aromatic rings. The molecule has 7 heteroatoms. The summed E-state index contributed by atoms with van der Waals surface area (Å²) in [6, 6.07) is 9.59. The van der Waals surface area contributed by atoms with E-state index in [9.17, 15) is 4.79 Å². The van der Waals surface area contributed by atoms with Gasteiger partial charge >= 0.3 is 12.0 Å². The molecule has 2 amide bonds. The minimum Gasteiger partial charge on any atom is -0.497 e. The number of benzene rings is 1. The number of hydrogen-bond donors (Lipinski definition) is 2. The minimum absolute atomic E-state index is 0.0886. The molecule has 0 atom stereocenters. The molecule has 144 valence electrons. The molecule has 3 rings (SSSR count). The van der Waals surface area contributed by atoms with E-state index in [0.29, 0.717) is 17.4 Å². The number of urea groups is 1. The number of methoxy groups -OCH3 is 1. The summed E-state index contributed by atoms with van der Waals surface area (Å²) >= 11 is 0. The van der Waals surface area contributed by atoms with Gasteiger partial charge in [-0.15, -0.1) is 0 Å². The topological polar surface area (TPSA) is 85.4 Å². The second kappa shape index (κ2) is 8.70. The molecule has 1 saturated carbocycles. The van der Waals surface area contributed by atoms with Gasteiger partial charge in [0.25, 0.3) is 0 Å². The molecule has 0 unspecified atom stereocenters. The largest absolute Gasteiger partial charge is 0.497 e. The SMILES string of the molecule is COc1cccc(NC(=O)NC2CCC(Oc3nc(C)cc(C)n3)CC2)c1. The van der Waals surface area contributed by atoms with Crippen LogP contribution in [0.25, 0.3) is 0 Å². The van der Waals surface area contributed by atoms with Crippen LogP contribution < -0.4 is 20.1 Å². The van der Waals surface area contributed by atoms with Crippen LogP contribution in [-0.2, 0) is 0 Å². The lowest BCUT2D eigenvalue weighted by Gasteiger charge is -2.29. The highest BCUT2D eigenvalue weighted by atomic mass is 16.5. The number of nitrogens with zero attached hydrogens (tertiary/aromatic N) is 2. The van der Waals surface area contributed by atoms with Gasteiger partial charge in [0.05, 0.1) is 7.11 Å². The molecule has 1 aliphatic carbocycles. The molecule has 0 radical (unpaired) electrons. The first-order valence-electron chi connectivity index (χ1n) is 9.22. The number of amides is 2. The van der Waals surface area contributed by atoms with Crippen molar-refractivity contribution in [1.29, 1.82) is 0 Å². The van der Waals surface area contributed by atoms with Gasteiger partial charge in [-0.2, -0.15) is 0 Å². The van der Waals surface area contributed by atoms with E-state index in [1.54, 1.807) is 13.2 Å². The normalized spacial score (nSPS) is 19.2. The quantitative estimate of drug-likeness (QED) is 0.840. The summed E-state index contributed by atoms with van der Waals surface area (Å²) in [5.74, 6) is 0.707. The molecule has 2 N–H and O–H groups in total. The summed E-state index contributed by atoms with van der Waals surface area (Å²) < 4.78 is 11.1. The molecule has 1 heterocycles. The first-order valence-corrected chi connectivity index (χ1v) is 9.22. The number of carbonyl (C=O) groups excluding carboxylic acids is 1. The highest BCUT2D eigenvalue weighted by Crippen LogP contribution is 2.23. The summed E-state index contributed by atoms with van der Waals surface area (Å²) in [6.45, 7) is 3.87. The lowest BCUT2D eigenvalue weighted by molar-refractivity contribution is 0.129. The smallest absolute Gasteiger partial charge is 0.319 e. The number of anilines is 1. The van der Waals surface area contributed by atoms with Crippen LogP contribution in [0, 0.1) is 13.8 Å². The number of carbonyl (C=O) groups is 1. The Kier molecular flexibility index (Phi) is 6.11. The zero-order valence-corrected chi connectivity index (χ0v) is 16.0. The Hall–Kier alpha value is -2.83. The Labute approximate surface area is 159 Å². The molecule has 0 saturated heterocycles. The van der Waals surface area contributed by atoms with Gasteiger partial charge in [-0.1, -0.05) is 6.07 Å². The van der Waals surface area contributed by atoms with Gasteiger partial charge in [-0.3, -0.25) is 0 Å². The van der Waals surface area contributed by atoms with Crippen molar-refractivity contribution in [2.24, 2.45) is 0 Å². The standard InChI is InChI=1S/C20H26N4O3/c1-13-11-14(2)22-20(21-13)27-17-9-7-15(8-10-17)23-19(25)24-16-5-4-6-18(12-16)26-3/h4-6,11-12,15,17H,7-10H2,1-3H3,(H2,23,24,25). The Balaban J connectivity index is 1.45. The molecule has 1 aliphatic rings. The Morgan fingerprint density at radius 3 is 2.44 bits per heavy atom. The molecule has 1 aromatic carbocycles.